The van der Waals surface area contributed by atoms with Crippen molar-refractivity contribution < 1.29 is 28.6 Å². The summed E-state index contributed by atoms with van der Waals surface area (Å²) in [4.78, 5) is 34.3. The summed E-state index contributed by atoms with van der Waals surface area (Å²) in [5.41, 5.74) is 4.96. The molecule has 1 aliphatic heterocycles. The first-order valence-corrected chi connectivity index (χ1v) is 6.04. The fraction of sp³-hybridized carbons (Fsp3) is 0.750. The second-order valence-corrected chi connectivity index (χ2v) is 5.25. The zero-order valence-electron chi connectivity index (χ0n) is 11.5. The Morgan fingerprint density at radius 2 is 1.79 bits per heavy atom. The molecule has 1 heterocycles. The van der Waals surface area contributed by atoms with Gasteiger partial charge in [-0.05, 0) is 5.92 Å². The Balaban J connectivity index is 2.76. The Hall–Kier alpha value is -1.79. The van der Waals surface area contributed by atoms with Crippen LogP contribution in [0.25, 0.3) is 0 Å². The highest BCUT2D eigenvalue weighted by atomic mass is 16.7. The number of carbonyl (C=O) groups excluding carboxylic acids is 3. The molecule has 1 fully saturated rings. The zero-order chi connectivity index (χ0) is 14.8. The van der Waals surface area contributed by atoms with E-state index in [1.807, 2.05) is 0 Å². The molecule has 108 valence electrons. The number of rotatable bonds is 4. The number of ether oxygens (including phenoxy) is 3. The average molecular weight is 273 g/mol. The summed E-state index contributed by atoms with van der Waals surface area (Å²) in [6.07, 6.45) is -1.60. The van der Waals surface area contributed by atoms with Crippen molar-refractivity contribution in [3.63, 3.8) is 0 Å². The molecule has 0 aromatic rings. The van der Waals surface area contributed by atoms with Gasteiger partial charge in [0.15, 0.2) is 5.92 Å². The lowest BCUT2D eigenvalue weighted by atomic mass is 9.94. The van der Waals surface area contributed by atoms with Crippen LogP contribution in [0.1, 0.15) is 34.1 Å². The molecule has 7 nitrogen and oxygen atoms in total. The van der Waals surface area contributed by atoms with Gasteiger partial charge in [0.25, 0.3) is 5.79 Å². The first kappa shape index (κ1) is 15.3. The van der Waals surface area contributed by atoms with Gasteiger partial charge < -0.3 is 19.9 Å². The highest BCUT2D eigenvalue weighted by Gasteiger charge is 2.44. The summed E-state index contributed by atoms with van der Waals surface area (Å²) in [5, 5.41) is 0. The van der Waals surface area contributed by atoms with Gasteiger partial charge in [-0.2, -0.15) is 0 Å². The molecule has 1 rings (SSSR count). The van der Waals surface area contributed by atoms with Gasteiger partial charge in [-0.3, -0.25) is 9.59 Å². The normalized spacial score (nSPS) is 20.7. The van der Waals surface area contributed by atoms with E-state index in [9.17, 15) is 14.4 Å². The summed E-state index contributed by atoms with van der Waals surface area (Å²) >= 11 is 0. The SMILES string of the molecule is CC(C)[C@@H](CC1C(=O)OC(C)(C)OC1=O)OC(N)=O. The van der Waals surface area contributed by atoms with Crippen molar-refractivity contribution in [1.29, 1.82) is 0 Å². The maximum absolute atomic E-state index is 11.8. The number of nitrogens with two attached hydrogens (primary N) is 1. The number of esters is 2. The molecule has 2 N–H and O–H groups in total. The van der Waals surface area contributed by atoms with Gasteiger partial charge in [0.2, 0.25) is 0 Å². The molecule has 1 amide bonds. The molecule has 1 aliphatic rings. The van der Waals surface area contributed by atoms with Crippen molar-refractivity contribution >= 4 is 18.0 Å². The summed E-state index contributed by atoms with van der Waals surface area (Å²) < 4.78 is 14.9. The van der Waals surface area contributed by atoms with Crippen molar-refractivity contribution in [3.8, 4) is 0 Å². The molecule has 7 heteroatoms. The van der Waals surface area contributed by atoms with Crippen LogP contribution < -0.4 is 5.73 Å². The van der Waals surface area contributed by atoms with Gasteiger partial charge in [0, 0.05) is 20.3 Å². The first-order valence-electron chi connectivity index (χ1n) is 6.04. The van der Waals surface area contributed by atoms with Crippen molar-refractivity contribution in [1.82, 2.24) is 0 Å². The molecular weight excluding hydrogens is 254 g/mol. The lowest BCUT2D eigenvalue weighted by molar-refractivity contribution is -0.241. The van der Waals surface area contributed by atoms with Gasteiger partial charge in [0.1, 0.15) is 6.10 Å². The highest BCUT2D eigenvalue weighted by molar-refractivity contribution is 5.96. The Morgan fingerprint density at radius 3 is 2.16 bits per heavy atom. The Kier molecular flexibility index (Phi) is 4.39. The van der Waals surface area contributed by atoms with E-state index in [4.69, 9.17) is 19.9 Å². The third-order valence-electron chi connectivity index (χ3n) is 2.74. The van der Waals surface area contributed by atoms with Crippen LogP contribution in [-0.2, 0) is 23.8 Å². The standard InChI is InChI=1S/C12H19NO6/c1-6(2)8(17-11(13)16)5-7-9(14)18-12(3,4)19-10(7)15/h6-8H,5H2,1-4H3,(H2,13,16)/t8-/m1/s1. The predicted octanol–water partition coefficient (Wildman–Crippen LogP) is 0.949. The fourth-order valence-electron chi connectivity index (χ4n) is 1.77. The van der Waals surface area contributed by atoms with Crippen LogP contribution in [0.15, 0.2) is 0 Å². The molecular formula is C12H19NO6. The van der Waals surface area contributed by atoms with Crippen molar-refractivity contribution in [2.75, 3.05) is 0 Å². The summed E-state index contributed by atoms with van der Waals surface area (Å²) in [7, 11) is 0. The second-order valence-electron chi connectivity index (χ2n) is 5.25. The van der Waals surface area contributed by atoms with E-state index in [2.05, 4.69) is 0 Å². The molecule has 19 heavy (non-hydrogen) atoms. The van der Waals surface area contributed by atoms with Crippen molar-refractivity contribution in [2.24, 2.45) is 17.6 Å². The first-order chi connectivity index (χ1) is 8.62. The van der Waals surface area contributed by atoms with E-state index in [-0.39, 0.29) is 12.3 Å². The number of cyclic esters (lactones) is 2. The highest BCUT2D eigenvalue weighted by Crippen LogP contribution is 2.28. The topological polar surface area (TPSA) is 105 Å². The van der Waals surface area contributed by atoms with Gasteiger partial charge in [-0.25, -0.2) is 4.79 Å². The Bertz CT molecular complexity index is 370. The monoisotopic (exact) mass is 273 g/mol. The van der Waals surface area contributed by atoms with E-state index in [1.165, 1.54) is 13.8 Å². The van der Waals surface area contributed by atoms with Crippen molar-refractivity contribution in [2.45, 2.75) is 46.0 Å². The molecule has 1 atom stereocenters. The third-order valence-corrected chi connectivity index (χ3v) is 2.74. The van der Waals surface area contributed by atoms with Crippen LogP contribution in [0.5, 0.6) is 0 Å². The van der Waals surface area contributed by atoms with Crippen LogP contribution >= 0.6 is 0 Å². The zero-order valence-corrected chi connectivity index (χ0v) is 11.5. The van der Waals surface area contributed by atoms with E-state index in [1.54, 1.807) is 13.8 Å². The molecule has 1 saturated heterocycles. The van der Waals surface area contributed by atoms with Crippen LogP contribution in [0.2, 0.25) is 0 Å². The van der Waals surface area contributed by atoms with Gasteiger partial charge in [-0.15, -0.1) is 0 Å². The number of amides is 1. The second kappa shape index (κ2) is 5.46. The van der Waals surface area contributed by atoms with E-state index >= 15 is 0 Å². The molecule has 0 spiro atoms. The third kappa shape index (κ3) is 4.11. The molecule has 0 aromatic carbocycles. The minimum atomic E-state index is -1.26. The molecule has 0 unspecified atom stereocenters. The minimum Gasteiger partial charge on any atom is -0.446 e. The van der Waals surface area contributed by atoms with E-state index in [0.29, 0.717) is 0 Å². The fourth-order valence-corrected chi connectivity index (χ4v) is 1.77. The molecule has 0 aromatic heterocycles. The number of carbonyl (C=O) groups is 3. The minimum absolute atomic E-state index is 0.00560. The quantitative estimate of drug-likeness (QED) is 0.604. The number of hydrogen-bond donors (Lipinski definition) is 1. The summed E-state index contributed by atoms with van der Waals surface area (Å²) in [6.45, 7) is 6.52. The maximum Gasteiger partial charge on any atom is 0.404 e. The summed E-state index contributed by atoms with van der Waals surface area (Å²) in [6, 6.07) is 0. The maximum atomic E-state index is 11.8. The average Bonchev–Trinajstić information content (AvgIpc) is 2.19. The molecule has 0 saturated carbocycles. The van der Waals surface area contributed by atoms with Gasteiger partial charge >= 0.3 is 18.0 Å². The molecule has 0 bridgehead atoms. The van der Waals surface area contributed by atoms with E-state index in [0.717, 1.165) is 0 Å². The molecule has 0 aliphatic carbocycles. The van der Waals surface area contributed by atoms with Crippen LogP contribution in [0, 0.1) is 11.8 Å². The smallest absolute Gasteiger partial charge is 0.404 e. The van der Waals surface area contributed by atoms with Gasteiger partial charge in [-0.1, -0.05) is 13.8 Å². The van der Waals surface area contributed by atoms with E-state index < -0.39 is 35.8 Å². The largest absolute Gasteiger partial charge is 0.446 e. The van der Waals surface area contributed by atoms with Gasteiger partial charge in [0.05, 0.1) is 0 Å². The number of primary amides is 1. The Labute approximate surface area is 111 Å². The van der Waals surface area contributed by atoms with Crippen molar-refractivity contribution in [3.05, 3.63) is 0 Å². The predicted molar refractivity (Wildman–Crippen MR) is 63.7 cm³/mol. The lowest BCUT2D eigenvalue weighted by Gasteiger charge is -2.34. The Morgan fingerprint density at radius 1 is 1.32 bits per heavy atom. The van der Waals surface area contributed by atoms with Crippen LogP contribution in [0.3, 0.4) is 0 Å². The lowest BCUT2D eigenvalue weighted by Crippen LogP contribution is -2.48. The molecule has 0 radical (unpaired) electrons. The van der Waals surface area contributed by atoms with Crippen LogP contribution in [0.4, 0.5) is 4.79 Å². The van der Waals surface area contributed by atoms with Crippen LogP contribution in [-0.4, -0.2) is 29.9 Å². The summed E-state index contributed by atoms with van der Waals surface area (Å²) in [5.74, 6) is -3.81. The number of hydrogen-bond acceptors (Lipinski definition) is 6.